The van der Waals surface area contributed by atoms with Gasteiger partial charge >= 0.3 is 0 Å². The second kappa shape index (κ2) is 6.12. The van der Waals surface area contributed by atoms with Crippen molar-refractivity contribution in [3.05, 3.63) is 23.7 Å². The zero-order valence-corrected chi connectivity index (χ0v) is 13.3. The number of furan rings is 1. The first kappa shape index (κ1) is 14.5. The molecule has 20 heavy (non-hydrogen) atoms. The molecule has 0 radical (unpaired) electrons. The standard InChI is InChI=1S/C16H25NO2S/c1-12-9-14(11-18-12)15(17-2)13-3-6-19-16(10-13)4-7-20-8-5-16/h9,11,13,15,17H,3-8,10H2,1-2H3. The van der Waals surface area contributed by atoms with Crippen LogP contribution in [0.4, 0.5) is 0 Å². The van der Waals surface area contributed by atoms with Crippen LogP contribution in [0.25, 0.3) is 0 Å². The molecule has 2 saturated heterocycles. The van der Waals surface area contributed by atoms with Crippen LogP contribution in [-0.4, -0.2) is 30.8 Å². The van der Waals surface area contributed by atoms with E-state index in [1.54, 1.807) is 0 Å². The predicted molar refractivity (Wildman–Crippen MR) is 83.2 cm³/mol. The molecule has 3 rings (SSSR count). The summed E-state index contributed by atoms with van der Waals surface area (Å²) in [4.78, 5) is 0. The second-order valence-corrected chi connectivity index (χ2v) is 7.38. The third-order valence-electron chi connectivity index (χ3n) is 4.83. The summed E-state index contributed by atoms with van der Waals surface area (Å²) in [6.07, 6.45) is 6.67. The van der Waals surface area contributed by atoms with Gasteiger partial charge in [-0.1, -0.05) is 0 Å². The highest BCUT2D eigenvalue weighted by Crippen LogP contribution is 2.43. The summed E-state index contributed by atoms with van der Waals surface area (Å²) in [7, 11) is 2.06. The molecule has 3 nitrogen and oxygen atoms in total. The van der Waals surface area contributed by atoms with Gasteiger partial charge in [-0.05, 0) is 63.1 Å². The van der Waals surface area contributed by atoms with E-state index in [1.807, 2.05) is 13.2 Å². The minimum absolute atomic E-state index is 0.155. The van der Waals surface area contributed by atoms with E-state index in [0.29, 0.717) is 12.0 Å². The molecular weight excluding hydrogens is 270 g/mol. The predicted octanol–water partition coefficient (Wildman–Crippen LogP) is 3.54. The van der Waals surface area contributed by atoms with Crippen LogP contribution in [0.5, 0.6) is 0 Å². The third kappa shape index (κ3) is 2.92. The van der Waals surface area contributed by atoms with Crippen molar-refractivity contribution in [1.82, 2.24) is 5.32 Å². The Hall–Kier alpha value is -0.450. The van der Waals surface area contributed by atoms with E-state index < -0.39 is 0 Å². The first-order valence-corrected chi connectivity index (χ1v) is 8.82. The van der Waals surface area contributed by atoms with E-state index in [2.05, 4.69) is 30.2 Å². The summed E-state index contributed by atoms with van der Waals surface area (Å²) < 4.78 is 11.7. The van der Waals surface area contributed by atoms with E-state index in [-0.39, 0.29) is 5.60 Å². The van der Waals surface area contributed by atoms with Gasteiger partial charge < -0.3 is 14.5 Å². The second-order valence-electron chi connectivity index (χ2n) is 6.15. The topological polar surface area (TPSA) is 34.4 Å². The fourth-order valence-electron chi connectivity index (χ4n) is 3.74. The number of aryl methyl sites for hydroxylation is 1. The third-order valence-corrected chi connectivity index (χ3v) is 5.81. The lowest BCUT2D eigenvalue weighted by Gasteiger charge is -2.45. The minimum atomic E-state index is 0.155. The lowest BCUT2D eigenvalue weighted by molar-refractivity contribution is -0.107. The summed E-state index contributed by atoms with van der Waals surface area (Å²) in [5.74, 6) is 4.15. The van der Waals surface area contributed by atoms with Crippen LogP contribution in [0, 0.1) is 12.8 Å². The monoisotopic (exact) mass is 295 g/mol. The maximum atomic E-state index is 6.21. The van der Waals surface area contributed by atoms with Gasteiger partial charge in [0.25, 0.3) is 0 Å². The summed E-state index contributed by atoms with van der Waals surface area (Å²) >= 11 is 2.07. The lowest BCUT2D eigenvalue weighted by Crippen LogP contribution is -2.45. The first-order valence-electron chi connectivity index (χ1n) is 7.66. The van der Waals surface area contributed by atoms with Gasteiger partial charge in [0.2, 0.25) is 0 Å². The maximum absolute atomic E-state index is 6.21. The molecule has 4 heteroatoms. The highest BCUT2D eigenvalue weighted by molar-refractivity contribution is 7.99. The van der Waals surface area contributed by atoms with E-state index >= 15 is 0 Å². The van der Waals surface area contributed by atoms with Crippen LogP contribution in [-0.2, 0) is 4.74 Å². The molecule has 3 heterocycles. The van der Waals surface area contributed by atoms with E-state index in [0.717, 1.165) is 18.8 Å². The smallest absolute Gasteiger partial charge is 0.101 e. The number of thioether (sulfide) groups is 1. The van der Waals surface area contributed by atoms with Crippen molar-refractivity contribution in [2.45, 2.75) is 44.2 Å². The molecule has 2 aliphatic rings. The number of rotatable bonds is 3. The van der Waals surface area contributed by atoms with Crippen LogP contribution >= 0.6 is 11.8 Å². The van der Waals surface area contributed by atoms with Gasteiger partial charge in [0, 0.05) is 18.2 Å². The van der Waals surface area contributed by atoms with Gasteiger partial charge in [0.05, 0.1) is 11.9 Å². The van der Waals surface area contributed by atoms with Crippen LogP contribution in [0.3, 0.4) is 0 Å². The number of ether oxygens (including phenoxy) is 1. The molecule has 1 aromatic rings. The number of nitrogens with one attached hydrogen (secondary N) is 1. The summed E-state index contributed by atoms with van der Waals surface area (Å²) in [5, 5.41) is 3.50. The van der Waals surface area contributed by atoms with Crippen LogP contribution in [0.2, 0.25) is 0 Å². The van der Waals surface area contributed by atoms with Gasteiger partial charge in [0.15, 0.2) is 0 Å². The molecule has 0 aromatic carbocycles. The Kier molecular flexibility index (Phi) is 4.43. The normalized spacial score (nSPS) is 27.6. The quantitative estimate of drug-likeness (QED) is 0.925. The molecule has 2 fully saturated rings. The maximum Gasteiger partial charge on any atom is 0.101 e. The van der Waals surface area contributed by atoms with Crippen molar-refractivity contribution in [3.8, 4) is 0 Å². The molecule has 2 unspecified atom stereocenters. The Morgan fingerprint density at radius 1 is 1.40 bits per heavy atom. The van der Waals surface area contributed by atoms with Crippen LogP contribution < -0.4 is 5.32 Å². The molecule has 1 aromatic heterocycles. The zero-order chi connectivity index (χ0) is 14.0. The molecule has 112 valence electrons. The Morgan fingerprint density at radius 2 is 2.20 bits per heavy atom. The largest absolute Gasteiger partial charge is 0.469 e. The van der Waals surface area contributed by atoms with Gasteiger partial charge in [-0.15, -0.1) is 0 Å². The fraction of sp³-hybridized carbons (Fsp3) is 0.750. The Morgan fingerprint density at radius 3 is 2.85 bits per heavy atom. The molecule has 1 N–H and O–H groups in total. The van der Waals surface area contributed by atoms with E-state index in [9.17, 15) is 0 Å². The lowest BCUT2D eigenvalue weighted by atomic mass is 9.77. The van der Waals surface area contributed by atoms with Gasteiger partial charge in [-0.25, -0.2) is 0 Å². The Labute approximate surface area is 125 Å². The van der Waals surface area contributed by atoms with Gasteiger partial charge in [-0.3, -0.25) is 0 Å². The number of hydrogen-bond donors (Lipinski definition) is 1. The molecule has 0 aliphatic carbocycles. The van der Waals surface area contributed by atoms with Crippen molar-refractivity contribution in [2.24, 2.45) is 5.92 Å². The van der Waals surface area contributed by atoms with Crippen LogP contribution in [0.15, 0.2) is 16.7 Å². The molecule has 2 aliphatic heterocycles. The molecule has 0 saturated carbocycles. The average Bonchev–Trinajstić information content (AvgIpc) is 2.87. The zero-order valence-electron chi connectivity index (χ0n) is 12.5. The van der Waals surface area contributed by atoms with E-state index in [4.69, 9.17) is 9.15 Å². The highest BCUT2D eigenvalue weighted by atomic mass is 32.2. The average molecular weight is 295 g/mol. The molecular formula is C16H25NO2S. The Bertz CT molecular complexity index is 434. The molecule has 0 amide bonds. The van der Waals surface area contributed by atoms with Crippen molar-refractivity contribution in [2.75, 3.05) is 25.2 Å². The Balaban J connectivity index is 1.74. The summed E-state index contributed by atoms with van der Waals surface area (Å²) in [6, 6.07) is 2.56. The summed E-state index contributed by atoms with van der Waals surface area (Å²) in [6.45, 7) is 2.92. The van der Waals surface area contributed by atoms with Crippen LogP contribution in [0.1, 0.15) is 43.0 Å². The number of hydrogen-bond acceptors (Lipinski definition) is 4. The highest BCUT2D eigenvalue weighted by Gasteiger charge is 2.41. The molecule has 0 bridgehead atoms. The van der Waals surface area contributed by atoms with Crippen molar-refractivity contribution in [3.63, 3.8) is 0 Å². The van der Waals surface area contributed by atoms with E-state index in [1.165, 1.54) is 36.3 Å². The van der Waals surface area contributed by atoms with Crippen molar-refractivity contribution < 1.29 is 9.15 Å². The SMILES string of the molecule is CNC(c1coc(C)c1)C1CCOC2(CCSCC2)C1. The fourth-order valence-corrected chi connectivity index (χ4v) is 4.98. The van der Waals surface area contributed by atoms with Crippen molar-refractivity contribution in [1.29, 1.82) is 0 Å². The molecule has 2 atom stereocenters. The molecule has 1 spiro atoms. The first-order chi connectivity index (χ1) is 9.72. The van der Waals surface area contributed by atoms with Gasteiger partial charge in [0.1, 0.15) is 5.76 Å². The van der Waals surface area contributed by atoms with Crippen molar-refractivity contribution >= 4 is 11.8 Å². The van der Waals surface area contributed by atoms with Gasteiger partial charge in [-0.2, -0.15) is 11.8 Å². The summed E-state index contributed by atoms with van der Waals surface area (Å²) in [5.41, 5.74) is 1.44. The minimum Gasteiger partial charge on any atom is -0.469 e.